The zero-order valence-electron chi connectivity index (χ0n) is 16.5. The number of benzene rings is 2. The van der Waals surface area contributed by atoms with Crippen molar-refractivity contribution in [1.82, 2.24) is 20.8 Å². The van der Waals surface area contributed by atoms with Gasteiger partial charge in [0.05, 0.1) is 6.54 Å². The molecule has 0 aliphatic rings. The summed E-state index contributed by atoms with van der Waals surface area (Å²) in [5.74, 6) is 1.99. The predicted molar refractivity (Wildman–Crippen MR) is 131 cm³/mol. The maximum atomic E-state index is 13.5. The van der Waals surface area contributed by atoms with Gasteiger partial charge >= 0.3 is 0 Å². The van der Waals surface area contributed by atoms with Gasteiger partial charge in [0.25, 0.3) is 0 Å². The molecule has 0 aliphatic heterocycles. The highest BCUT2D eigenvalue weighted by Crippen LogP contribution is 2.20. The molecule has 0 amide bonds. The van der Waals surface area contributed by atoms with E-state index in [0.29, 0.717) is 35.8 Å². The average molecular weight is 562 g/mol. The molecule has 0 fully saturated rings. The molecule has 1 heterocycles. The van der Waals surface area contributed by atoms with Crippen LogP contribution in [0.3, 0.4) is 0 Å². The van der Waals surface area contributed by atoms with Gasteiger partial charge in [-0.25, -0.2) is 4.39 Å². The Bertz CT molecular complexity index is 1000. The van der Waals surface area contributed by atoms with Crippen LogP contribution in [0, 0.1) is 5.82 Å². The van der Waals surface area contributed by atoms with E-state index < -0.39 is 0 Å². The van der Waals surface area contributed by atoms with Crippen LogP contribution in [0.5, 0.6) is 0 Å². The van der Waals surface area contributed by atoms with Gasteiger partial charge in [-0.05, 0) is 41.6 Å². The fourth-order valence-electron chi connectivity index (χ4n) is 2.69. The molecule has 3 aromatic rings. The Balaban J connectivity index is 0.00000320. The highest BCUT2D eigenvalue weighted by Gasteiger charge is 2.10. The first kappa shape index (κ1) is 24.4. The van der Waals surface area contributed by atoms with Crippen LogP contribution in [0.15, 0.2) is 52.0 Å². The minimum atomic E-state index is -0.229. The van der Waals surface area contributed by atoms with Crippen LogP contribution in [0.1, 0.15) is 17.0 Å². The third-order valence-electron chi connectivity index (χ3n) is 4.10. The molecule has 2 N–H and O–H groups in total. The van der Waals surface area contributed by atoms with Crippen molar-refractivity contribution in [2.75, 3.05) is 13.3 Å². The number of nitrogens with one attached hydrogen (secondary N) is 2. The summed E-state index contributed by atoms with van der Waals surface area (Å²) in [6.07, 6.45) is 1.99. The number of aromatic nitrogens is 2. The minimum absolute atomic E-state index is 0. The van der Waals surface area contributed by atoms with Crippen LogP contribution in [0.2, 0.25) is 5.02 Å². The van der Waals surface area contributed by atoms with Crippen LogP contribution in [0.25, 0.3) is 11.4 Å². The third kappa shape index (κ3) is 6.85. The molecule has 2 aromatic carbocycles. The Morgan fingerprint density at radius 1 is 1.17 bits per heavy atom. The summed E-state index contributed by atoms with van der Waals surface area (Å²) in [5.41, 5.74) is 2.76. The number of rotatable bonds is 7. The Labute approximate surface area is 201 Å². The molecule has 0 aliphatic carbocycles. The van der Waals surface area contributed by atoms with Gasteiger partial charge < -0.3 is 15.2 Å². The van der Waals surface area contributed by atoms with Crippen molar-refractivity contribution in [3.63, 3.8) is 0 Å². The van der Waals surface area contributed by atoms with Gasteiger partial charge in [-0.2, -0.15) is 16.7 Å². The lowest BCUT2D eigenvalue weighted by molar-refractivity contribution is 0.375. The van der Waals surface area contributed by atoms with Crippen molar-refractivity contribution < 1.29 is 8.91 Å². The second-order valence-corrected chi connectivity index (χ2v) is 7.45. The smallest absolute Gasteiger partial charge is 0.246 e. The van der Waals surface area contributed by atoms with E-state index in [0.717, 1.165) is 22.4 Å². The van der Waals surface area contributed by atoms with Gasteiger partial charge in [-0.1, -0.05) is 35.0 Å². The molecule has 0 unspecified atom stereocenters. The van der Waals surface area contributed by atoms with Crippen molar-refractivity contribution in [3.05, 3.63) is 70.3 Å². The maximum absolute atomic E-state index is 13.5. The molecule has 0 atom stereocenters. The normalized spacial score (nSPS) is 11.1. The molecule has 160 valence electrons. The first-order valence-electron chi connectivity index (χ1n) is 8.88. The summed E-state index contributed by atoms with van der Waals surface area (Å²) in [7, 11) is 1.67. The maximum Gasteiger partial charge on any atom is 0.246 e. The van der Waals surface area contributed by atoms with E-state index in [1.54, 1.807) is 43.1 Å². The summed E-state index contributed by atoms with van der Waals surface area (Å²) in [6, 6.07) is 12.1. The van der Waals surface area contributed by atoms with Gasteiger partial charge in [0.15, 0.2) is 5.96 Å². The summed E-state index contributed by atoms with van der Waals surface area (Å²) in [6.45, 7) is 0.835. The monoisotopic (exact) mass is 561 g/mol. The summed E-state index contributed by atoms with van der Waals surface area (Å²) in [5, 5.41) is 10.9. The van der Waals surface area contributed by atoms with Gasteiger partial charge in [-0.3, -0.25) is 4.99 Å². The molecule has 3 rings (SSSR count). The number of halogens is 3. The zero-order chi connectivity index (χ0) is 20.6. The highest BCUT2D eigenvalue weighted by molar-refractivity contribution is 14.0. The Hall–Kier alpha value is -1.85. The highest BCUT2D eigenvalue weighted by atomic mass is 127. The van der Waals surface area contributed by atoms with Crippen molar-refractivity contribution in [1.29, 1.82) is 0 Å². The number of thioether (sulfide) groups is 1. The van der Waals surface area contributed by atoms with Crippen molar-refractivity contribution in [3.8, 4) is 11.4 Å². The van der Waals surface area contributed by atoms with E-state index in [1.807, 2.05) is 18.4 Å². The van der Waals surface area contributed by atoms with Crippen molar-refractivity contribution in [2.45, 2.75) is 18.8 Å². The van der Waals surface area contributed by atoms with Crippen LogP contribution >= 0.6 is 47.3 Å². The molecule has 6 nitrogen and oxygen atoms in total. The number of hydrogen-bond donors (Lipinski definition) is 2. The molecular weight excluding hydrogens is 540 g/mol. The minimum Gasteiger partial charge on any atom is -0.352 e. The number of aliphatic imine (C=N–C) groups is 1. The standard InChI is InChI=1S/C20H21ClFN5OS.HI/c1-23-20(24-10-14-6-7-17(22)9-15(14)12-29-2)25-11-18-26-19(27-28-18)13-4-3-5-16(21)8-13;/h3-9H,10-12H2,1-2H3,(H2,23,24,25);1H. The van der Waals surface area contributed by atoms with Gasteiger partial charge in [0.1, 0.15) is 5.82 Å². The second kappa shape index (κ2) is 12.1. The zero-order valence-corrected chi connectivity index (χ0v) is 20.4. The fraction of sp³-hybridized carbons (Fsp3) is 0.250. The van der Waals surface area contributed by atoms with E-state index in [1.165, 1.54) is 6.07 Å². The average Bonchev–Trinajstić information content (AvgIpc) is 3.19. The quantitative estimate of drug-likeness (QED) is 0.243. The van der Waals surface area contributed by atoms with E-state index in [4.69, 9.17) is 16.1 Å². The van der Waals surface area contributed by atoms with Crippen molar-refractivity contribution >= 4 is 53.3 Å². The van der Waals surface area contributed by atoms with Gasteiger partial charge in [-0.15, -0.1) is 24.0 Å². The number of nitrogens with zero attached hydrogens (tertiary/aromatic N) is 3. The van der Waals surface area contributed by atoms with E-state index in [2.05, 4.69) is 25.8 Å². The molecule has 0 spiro atoms. The molecule has 30 heavy (non-hydrogen) atoms. The Morgan fingerprint density at radius 2 is 1.97 bits per heavy atom. The number of guanidine groups is 1. The summed E-state index contributed by atoms with van der Waals surface area (Å²) < 4.78 is 18.8. The van der Waals surface area contributed by atoms with Crippen molar-refractivity contribution in [2.24, 2.45) is 4.99 Å². The SMILES string of the molecule is CN=C(NCc1nc(-c2cccc(Cl)c2)no1)NCc1ccc(F)cc1CSC.I. The topological polar surface area (TPSA) is 75.3 Å². The lowest BCUT2D eigenvalue weighted by Crippen LogP contribution is -2.36. The van der Waals surface area contributed by atoms with Crippen LogP contribution in [-0.2, 0) is 18.8 Å². The Morgan fingerprint density at radius 3 is 2.70 bits per heavy atom. The largest absolute Gasteiger partial charge is 0.352 e. The number of hydrogen-bond acceptors (Lipinski definition) is 5. The predicted octanol–water partition coefficient (Wildman–Crippen LogP) is 4.88. The molecule has 0 radical (unpaired) electrons. The van der Waals surface area contributed by atoms with Crippen LogP contribution in [0.4, 0.5) is 4.39 Å². The third-order valence-corrected chi connectivity index (χ3v) is 4.93. The van der Waals surface area contributed by atoms with Gasteiger partial charge in [0.2, 0.25) is 11.7 Å². The first-order chi connectivity index (χ1) is 14.1. The molecule has 10 heteroatoms. The fourth-order valence-corrected chi connectivity index (χ4v) is 3.46. The van der Waals surface area contributed by atoms with Crippen LogP contribution < -0.4 is 10.6 Å². The lowest BCUT2D eigenvalue weighted by Gasteiger charge is -2.13. The molecule has 0 saturated carbocycles. The molecular formula is C20H22ClFIN5OS. The molecule has 0 bridgehead atoms. The van der Waals surface area contributed by atoms with E-state index in [9.17, 15) is 4.39 Å². The van der Waals surface area contributed by atoms with E-state index >= 15 is 0 Å². The summed E-state index contributed by atoms with van der Waals surface area (Å²) >= 11 is 7.65. The molecule has 0 saturated heterocycles. The summed E-state index contributed by atoms with van der Waals surface area (Å²) in [4.78, 5) is 8.56. The molecule has 1 aromatic heterocycles. The van der Waals surface area contributed by atoms with Gasteiger partial charge in [0, 0.05) is 29.9 Å². The van der Waals surface area contributed by atoms with E-state index in [-0.39, 0.29) is 29.8 Å². The second-order valence-electron chi connectivity index (χ2n) is 6.15. The first-order valence-corrected chi connectivity index (χ1v) is 10.7. The Kier molecular flexibility index (Phi) is 9.86. The van der Waals surface area contributed by atoms with Crippen LogP contribution in [-0.4, -0.2) is 29.4 Å². The lowest BCUT2D eigenvalue weighted by atomic mass is 10.1.